The first kappa shape index (κ1) is 9.39. The average Bonchev–Trinajstić information content (AvgIpc) is 2.59. The number of benzene rings is 1. The molecular formula is C10H7N2O3-. The van der Waals surface area contributed by atoms with E-state index < -0.39 is 11.8 Å². The van der Waals surface area contributed by atoms with Crippen molar-refractivity contribution in [2.24, 2.45) is 7.05 Å². The Balaban J connectivity index is 2.57. The highest BCUT2D eigenvalue weighted by atomic mass is 16.4. The summed E-state index contributed by atoms with van der Waals surface area (Å²) in [6.07, 6.45) is 1.57. The first-order chi connectivity index (χ1) is 7.09. The van der Waals surface area contributed by atoms with E-state index >= 15 is 0 Å². The van der Waals surface area contributed by atoms with Gasteiger partial charge in [0.05, 0.1) is 11.7 Å². The van der Waals surface area contributed by atoms with Crippen LogP contribution in [0.4, 0.5) is 0 Å². The van der Waals surface area contributed by atoms with Crippen molar-refractivity contribution < 1.29 is 14.7 Å². The van der Waals surface area contributed by atoms with Gasteiger partial charge in [0.2, 0.25) is 5.78 Å². The lowest BCUT2D eigenvalue weighted by Gasteiger charge is -2.01. The van der Waals surface area contributed by atoms with E-state index in [4.69, 9.17) is 0 Å². The Labute approximate surface area is 84.9 Å². The highest BCUT2D eigenvalue weighted by molar-refractivity contribution is 6.39. The Kier molecular flexibility index (Phi) is 2.00. The standard InChI is InChI=1S/C10H8N2O3/c1-12-8-3-2-6(9(13)10(14)15)4-7(8)5-11-12/h2-5H,1H3,(H,14,15)/p-1. The van der Waals surface area contributed by atoms with E-state index in [-0.39, 0.29) is 5.56 Å². The number of carbonyl (C=O) groups excluding carboxylic acids is 2. The third-order valence-electron chi connectivity index (χ3n) is 2.19. The summed E-state index contributed by atoms with van der Waals surface area (Å²) in [5.74, 6) is -2.71. The number of carbonyl (C=O) groups is 2. The molecule has 0 radical (unpaired) electrons. The number of hydrogen-bond acceptors (Lipinski definition) is 4. The number of aliphatic carboxylic acids is 1. The molecule has 0 aliphatic rings. The number of rotatable bonds is 2. The summed E-state index contributed by atoms with van der Waals surface area (Å²) >= 11 is 0. The highest BCUT2D eigenvalue weighted by Crippen LogP contribution is 2.14. The van der Waals surface area contributed by atoms with E-state index in [0.717, 1.165) is 10.9 Å². The Hall–Kier alpha value is -2.17. The van der Waals surface area contributed by atoms with Crippen molar-refractivity contribution in [2.75, 3.05) is 0 Å². The zero-order valence-corrected chi connectivity index (χ0v) is 7.93. The largest absolute Gasteiger partial charge is 0.541 e. The van der Waals surface area contributed by atoms with Gasteiger partial charge in [-0.25, -0.2) is 0 Å². The number of carboxylic acid groups (broad SMARTS) is 1. The van der Waals surface area contributed by atoms with E-state index in [0.29, 0.717) is 0 Å². The molecule has 1 aromatic heterocycles. The molecule has 0 N–H and O–H groups in total. The summed E-state index contributed by atoms with van der Waals surface area (Å²) in [6.45, 7) is 0. The maximum Gasteiger partial charge on any atom is 0.208 e. The average molecular weight is 203 g/mol. The van der Waals surface area contributed by atoms with Crippen LogP contribution < -0.4 is 5.11 Å². The minimum Gasteiger partial charge on any atom is -0.541 e. The molecule has 0 atom stereocenters. The van der Waals surface area contributed by atoms with Crippen LogP contribution in [-0.4, -0.2) is 21.5 Å². The smallest absolute Gasteiger partial charge is 0.208 e. The van der Waals surface area contributed by atoms with Gasteiger partial charge in [0, 0.05) is 18.0 Å². The number of aryl methyl sites for hydroxylation is 1. The van der Waals surface area contributed by atoms with Crippen LogP contribution in [0.25, 0.3) is 10.9 Å². The molecule has 1 aromatic carbocycles. The molecule has 1 heterocycles. The number of carboxylic acids is 1. The van der Waals surface area contributed by atoms with Gasteiger partial charge in [-0.2, -0.15) is 5.10 Å². The predicted molar refractivity (Wildman–Crippen MR) is 50.1 cm³/mol. The summed E-state index contributed by atoms with van der Waals surface area (Å²) in [7, 11) is 1.77. The fourth-order valence-electron chi connectivity index (χ4n) is 1.42. The molecule has 5 heteroatoms. The summed E-state index contributed by atoms with van der Waals surface area (Å²) < 4.78 is 1.64. The summed E-state index contributed by atoms with van der Waals surface area (Å²) in [5.41, 5.74) is 0.945. The molecule has 0 saturated carbocycles. The van der Waals surface area contributed by atoms with Gasteiger partial charge < -0.3 is 9.90 Å². The van der Waals surface area contributed by atoms with Gasteiger partial charge in [-0.15, -0.1) is 0 Å². The van der Waals surface area contributed by atoms with Crippen molar-refractivity contribution >= 4 is 22.7 Å². The molecule has 0 amide bonds. The van der Waals surface area contributed by atoms with Crippen molar-refractivity contribution in [2.45, 2.75) is 0 Å². The van der Waals surface area contributed by atoms with E-state index in [9.17, 15) is 14.7 Å². The van der Waals surface area contributed by atoms with E-state index in [2.05, 4.69) is 5.10 Å². The molecule has 76 valence electrons. The van der Waals surface area contributed by atoms with E-state index in [1.165, 1.54) is 12.1 Å². The predicted octanol–water partition coefficient (Wildman–Crippen LogP) is -0.494. The lowest BCUT2D eigenvalue weighted by molar-refractivity contribution is -0.296. The molecule has 0 aliphatic carbocycles. The van der Waals surface area contributed by atoms with Crippen molar-refractivity contribution in [1.82, 2.24) is 9.78 Å². The van der Waals surface area contributed by atoms with Crippen molar-refractivity contribution in [1.29, 1.82) is 0 Å². The van der Waals surface area contributed by atoms with Crippen molar-refractivity contribution in [3.05, 3.63) is 30.0 Å². The number of ketones is 1. The number of Topliss-reactive ketones (excluding diaryl/α,β-unsaturated/α-hetero) is 1. The summed E-state index contributed by atoms with van der Waals surface area (Å²) in [6, 6.07) is 4.58. The Morgan fingerprint density at radius 2 is 2.13 bits per heavy atom. The second kappa shape index (κ2) is 3.20. The van der Waals surface area contributed by atoms with Crippen LogP contribution in [0.3, 0.4) is 0 Å². The molecule has 0 saturated heterocycles. The molecule has 0 aliphatic heterocycles. The van der Waals surface area contributed by atoms with Gasteiger partial charge in [-0.05, 0) is 18.2 Å². The fraction of sp³-hybridized carbons (Fsp3) is 0.100. The van der Waals surface area contributed by atoms with Gasteiger partial charge >= 0.3 is 0 Å². The number of hydrogen-bond donors (Lipinski definition) is 0. The Morgan fingerprint density at radius 3 is 2.80 bits per heavy atom. The van der Waals surface area contributed by atoms with Crippen LogP contribution in [0.5, 0.6) is 0 Å². The maximum atomic E-state index is 11.1. The minimum atomic E-state index is -1.70. The summed E-state index contributed by atoms with van der Waals surface area (Å²) in [4.78, 5) is 21.5. The molecule has 5 nitrogen and oxygen atoms in total. The SMILES string of the molecule is Cn1ncc2cc(C(=O)C(=O)[O-])ccc21. The van der Waals surface area contributed by atoms with Crippen LogP contribution in [-0.2, 0) is 11.8 Å². The van der Waals surface area contributed by atoms with Crippen LogP contribution in [0.15, 0.2) is 24.4 Å². The number of fused-ring (bicyclic) bond motifs is 1. The third kappa shape index (κ3) is 1.48. The zero-order valence-electron chi connectivity index (χ0n) is 7.93. The molecule has 2 aromatic rings. The summed E-state index contributed by atoms with van der Waals surface area (Å²) in [5, 5.41) is 15.1. The highest BCUT2D eigenvalue weighted by Gasteiger charge is 2.08. The topological polar surface area (TPSA) is 75.0 Å². The van der Waals surface area contributed by atoms with Crippen molar-refractivity contribution in [3.63, 3.8) is 0 Å². The lowest BCUT2D eigenvalue weighted by Crippen LogP contribution is -2.31. The zero-order chi connectivity index (χ0) is 11.0. The third-order valence-corrected chi connectivity index (χ3v) is 2.19. The van der Waals surface area contributed by atoms with Crippen LogP contribution >= 0.6 is 0 Å². The van der Waals surface area contributed by atoms with Gasteiger partial charge in [0.15, 0.2) is 0 Å². The van der Waals surface area contributed by atoms with Gasteiger partial charge in [0.25, 0.3) is 0 Å². The van der Waals surface area contributed by atoms with Crippen LogP contribution in [0.1, 0.15) is 10.4 Å². The number of aromatic nitrogens is 2. The molecule has 0 unspecified atom stereocenters. The monoisotopic (exact) mass is 203 g/mol. The second-order valence-electron chi connectivity index (χ2n) is 3.16. The van der Waals surface area contributed by atoms with Gasteiger partial charge in [0.1, 0.15) is 5.97 Å². The second-order valence-corrected chi connectivity index (χ2v) is 3.16. The number of nitrogens with zero attached hydrogens (tertiary/aromatic N) is 2. The fourth-order valence-corrected chi connectivity index (χ4v) is 1.42. The lowest BCUT2D eigenvalue weighted by atomic mass is 10.1. The molecule has 15 heavy (non-hydrogen) atoms. The Bertz CT molecular complexity index is 557. The first-order valence-electron chi connectivity index (χ1n) is 4.27. The van der Waals surface area contributed by atoms with Gasteiger partial charge in [-0.3, -0.25) is 9.48 Å². The van der Waals surface area contributed by atoms with Crippen molar-refractivity contribution in [3.8, 4) is 0 Å². The van der Waals surface area contributed by atoms with E-state index in [1.807, 2.05) is 0 Å². The maximum absolute atomic E-state index is 11.1. The normalized spacial score (nSPS) is 10.5. The minimum absolute atomic E-state index is 0.107. The first-order valence-corrected chi connectivity index (χ1v) is 4.27. The molecule has 2 rings (SSSR count). The molecule has 0 bridgehead atoms. The Morgan fingerprint density at radius 1 is 1.40 bits per heavy atom. The molecular weight excluding hydrogens is 196 g/mol. The molecule has 0 spiro atoms. The van der Waals surface area contributed by atoms with E-state index in [1.54, 1.807) is 24.0 Å². The van der Waals surface area contributed by atoms with Crippen LogP contribution in [0.2, 0.25) is 0 Å². The quantitative estimate of drug-likeness (QED) is 0.487. The van der Waals surface area contributed by atoms with Crippen LogP contribution in [0, 0.1) is 0 Å². The molecule has 0 fully saturated rings. The van der Waals surface area contributed by atoms with Gasteiger partial charge in [-0.1, -0.05) is 0 Å².